The van der Waals surface area contributed by atoms with E-state index in [1.54, 1.807) is 36.4 Å². The molecule has 0 fully saturated rings. The van der Waals surface area contributed by atoms with Crippen LogP contribution >= 0.6 is 15.9 Å². The van der Waals surface area contributed by atoms with Gasteiger partial charge in [-0.05, 0) is 46.3 Å². The molecule has 0 aliphatic rings. The first-order valence-electron chi connectivity index (χ1n) is 8.22. The van der Waals surface area contributed by atoms with Gasteiger partial charge >= 0.3 is 0 Å². The molecule has 28 heavy (non-hydrogen) atoms. The summed E-state index contributed by atoms with van der Waals surface area (Å²) in [6.07, 6.45) is -0.0643. The standard InChI is InChI=1S/C18H20BrN3O5S/c1-12(23)21-15-11-13(7-8-16(15)27-2)22-18(24)9-10-20-28(25,26)17-6-4-3-5-14(17)19/h3-8,11,20H,9-10H2,1-2H3,(H,21,23)(H,22,24). The van der Waals surface area contributed by atoms with Gasteiger partial charge in [0.15, 0.2) is 0 Å². The summed E-state index contributed by atoms with van der Waals surface area (Å²) in [5.74, 6) is -0.202. The molecule has 0 saturated carbocycles. The largest absolute Gasteiger partial charge is 0.495 e. The number of hydrogen-bond acceptors (Lipinski definition) is 5. The Kier molecular flexibility index (Phi) is 7.55. The Hall–Kier alpha value is -2.43. The van der Waals surface area contributed by atoms with Crippen LogP contribution in [-0.2, 0) is 19.6 Å². The first-order chi connectivity index (χ1) is 13.2. The van der Waals surface area contributed by atoms with Crippen molar-refractivity contribution in [2.24, 2.45) is 0 Å². The number of halogens is 1. The van der Waals surface area contributed by atoms with Crippen LogP contribution < -0.4 is 20.1 Å². The zero-order valence-electron chi connectivity index (χ0n) is 15.3. The molecule has 10 heteroatoms. The van der Waals surface area contributed by atoms with Crippen molar-refractivity contribution in [2.45, 2.75) is 18.2 Å². The predicted molar refractivity (Wildman–Crippen MR) is 110 cm³/mol. The molecule has 0 unspecified atom stereocenters. The van der Waals surface area contributed by atoms with Gasteiger partial charge in [-0.1, -0.05) is 12.1 Å². The van der Waals surface area contributed by atoms with Crippen LogP contribution in [0.2, 0.25) is 0 Å². The molecule has 0 aliphatic heterocycles. The Labute approximate surface area is 171 Å². The van der Waals surface area contributed by atoms with Crippen LogP contribution in [0.3, 0.4) is 0 Å². The molecule has 0 aromatic heterocycles. The van der Waals surface area contributed by atoms with Gasteiger partial charge in [-0.3, -0.25) is 9.59 Å². The number of nitrogens with one attached hydrogen (secondary N) is 3. The highest BCUT2D eigenvalue weighted by molar-refractivity contribution is 9.10. The average molecular weight is 470 g/mol. The second-order valence-electron chi connectivity index (χ2n) is 5.72. The average Bonchev–Trinajstić information content (AvgIpc) is 2.61. The third-order valence-corrected chi connectivity index (χ3v) is 6.04. The minimum Gasteiger partial charge on any atom is -0.495 e. The summed E-state index contributed by atoms with van der Waals surface area (Å²) in [5.41, 5.74) is 0.866. The quantitative estimate of drug-likeness (QED) is 0.549. The van der Waals surface area contributed by atoms with Crippen molar-refractivity contribution in [3.05, 3.63) is 46.9 Å². The molecule has 3 N–H and O–H groups in total. The zero-order chi connectivity index (χ0) is 20.7. The summed E-state index contributed by atoms with van der Waals surface area (Å²) in [6.45, 7) is 1.30. The van der Waals surface area contributed by atoms with E-state index in [4.69, 9.17) is 4.74 Å². The van der Waals surface area contributed by atoms with E-state index in [2.05, 4.69) is 31.3 Å². The molecule has 0 aliphatic carbocycles. The minimum absolute atomic E-state index is 0.0643. The second kappa shape index (κ2) is 9.67. The van der Waals surface area contributed by atoms with Gasteiger partial charge in [-0.25, -0.2) is 13.1 Å². The SMILES string of the molecule is COc1ccc(NC(=O)CCNS(=O)(=O)c2ccccc2Br)cc1NC(C)=O. The lowest BCUT2D eigenvalue weighted by Gasteiger charge is -2.12. The number of amides is 2. The van der Waals surface area contributed by atoms with Gasteiger partial charge in [0.05, 0.1) is 17.7 Å². The van der Waals surface area contributed by atoms with E-state index in [9.17, 15) is 18.0 Å². The second-order valence-corrected chi connectivity index (χ2v) is 8.31. The molecular weight excluding hydrogens is 450 g/mol. The molecule has 2 amide bonds. The molecule has 0 bridgehead atoms. The van der Waals surface area contributed by atoms with Gasteiger partial charge in [0.1, 0.15) is 5.75 Å². The maximum atomic E-state index is 12.3. The van der Waals surface area contributed by atoms with E-state index in [1.807, 2.05) is 0 Å². The van der Waals surface area contributed by atoms with Crippen molar-refractivity contribution in [1.82, 2.24) is 4.72 Å². The number of benzene rings is 2. The van der Waals surface area contributed by atoms with Gasteiger partial charge in [0.2, 0.25) is 21.8 Å². The summed E-state index contributed by atoms with van der Waals surface area (Å²) >= 11 is 3.19. The van der Waals surface area contributed by atoms with Gasteiger partial charge in [0.25, 0.3) is 0 Å². The molecular formula is C18H20BrN3O5S. The Morgan fingerprint density at radius 3 is 2.46 bits per heavy atom. The van der Waals surface area contributed by atoms with Crippen molar-refractivity contribution in [2.75, 3.05) is 24.3 Å². The van der Waals surface area contributed by atoms with E-state index < -0.39 is 10.0 Å². The molecule has 2 rings (SSSR count). The fourth-order valence-corrected chi connectivity index (χ4v) is 4.37. The van der Waals surface area contributed by atoms with Crippen molar-refractivity contribution >= 4 is 49.1 Å². The minimum atomic E-state index is -3.73. The normalized spacial score (nSPS) is 11.0. The summed E-state index contributed by atoms with van der Waals surface area (Å²) in [5, 5.41) is 5.27. The Morgan fingerprint density at radius 2 is 1.82 bits per heavy atom. The summed E-state index contributed by atoms with van der Waals surface area (Å²) in [4.78, 5) is 23.5. The summed E-state index contributed by atoms with van der Waals surface area (Å²) in [6, 6.07) is 11.2. The Balaban J connectivity index is 1.96. The Morgan fingerprint density at radius 1 is 1.11 bits per heavy atom. The van der Waals surface area contributed by atoms with E-state index in [1.165, 1.54) is 20.1 Å². The lowest BCUT2D eigenvalue weighted by atomic mass is 10.2. The third-order valence-electron chi connectivity index (χ3n) is 3.56. The predicted octanol–water partition coefficient (Wildman–Crippen LogP) is 2.72. The fraction of sp³-hybridized carbons (Fsp3) is 0.222. The molecule has 0 heterocycles. The lowest BCUT2D eigenvalue weighted by molar-refractivity contribution is -0.116. The van der Waals surface area contributed by atoms with Crippen molar-refractivity contribution in [1.29, 1.82) is 0 Å². The maximum Gasteiger partial charge on any atom is 0.241 e. The molecule has 2 aromatic rings. The van der Waals surface area contributed by atoms with Crippen molar-refractivity contribution in [3.8, 4) is 5.75 Å². The van der Waals surface area contributed by atoms with E-state index in [0.29, 0.717) is 21.6 Å². The van der Waals surface area contributed by atoms with Crippen LogP contribution in [0.25, 0.3) is 0 Å². The number of ether oxygens (including phenoxy) is 1. The number of methoxy groups -OCH3 is 1. The summed E-state index contributed by atoms with van der Waals surface area (Å²) in [7, 11) is -2.26. The smallest absolute Gasteiger partial charge is 0.241 e. The van der Waals surface area contributed by atoms with Crippen LogP contribution in [0.5, 0.6) is 5.75 Å². The van der Waals surface area contributed by atoms with E-state index in [0.717, 1.165) is 0 Å². The van der Waals surface area contributed by atoms with Gasteiger partial charge in [-0.2, -0.15) is 0 Å². The maximum absolute atomic E-state index is 12.3. The first kappa shape index (κ1) is 21.9. The van der Waals surface area contributed by atoms with Crippen LogP contribution in [0.1, 0.15) is 13.3 Å². The van der Waals surface area contributed by atoms with Crippen molar-refractivity contribution < 1.29 is 22.7 Å². The zero-order valence-corrected chi connectivity index (χ0v) is 17.7. The molecule has 150 valence electrons. The monoisotopic (exact) mass is 469 g/mol. The number of sulfonamides is 1. The van der Waals surface area contributed by atoms with Gasteiger partial charge in [0, 0.05) is 30.0 Å². The molecule has 8 nitrogen and oxygen atoms in total. The van der Waals surface area contributed by atoms with Crippen LogP contribution in [0.15, 0.2) is 51.8 Å². The first-order valence-corrected chi connectivity index (χ1v) is 10.5. The Bertz CT molecular complexity index is 979. The summed E-state index contributed by atoms with van der Waals surface area (Å²) < 4.78 is 32.6. The molecule has 0 spiro atoms. The number of hydrogen-bond donors (Lipinski definition) is 3. The highest BCUT2D eigenvalue weighted by Gasteiger charge is 2.17. The highest BCUT2D eigenvalue weighted by atomic mass is 79.9. The molecule has 0 radical (unpaired) electrons. The van der Waals surface area contributed by atoms with E-state index in [-0.39, 0.29) is 29.7 Å². The highest BCUT2D eigenvalue weighted by Crippen LogP contribution is 2.28. The van der Waals surface area contributed by atoms with Crippen LogP contribution in [0, 0.1) is 0 Å². The number of rotatable bonds is 8. The van der Waals surface area contributed by atoms with E-state index >= 15 is 0 Å². The third kappa shape index (κ3) is 6.04. The fourth-order valence-electron chi connectivity index (χ4n) is 2.34. The van der Waals surface area contributed by atoms with Crippen LogP contribution in [0.4, 0.5) is 11.4 Å². The molecule has 2 aromatic carbocycles. The number of carbonyl (C=O) groups is 2. The number of carbonyl (C=O) groups excluding carboxylic acids is 2. The van der Waals surface area contributed by atoms with Crippen LogP contribution in [-0.4, -0.2) is 33.9 Å². The lowest BCUT2D eigenvalue weighted by Crippen LogP contribution is -2.28. The van der Waals surface area contributed by atoms with Gasteiger partial charge < -0.3 is 15.4 Å². The number of anilines is 2. The molecule has 0 atom stereocenters. The van der Waals surface area contributed by atoms with Crippen molar-refractivity contribution in [3.63, 3.8) is 0 Å². The topological polar surface area (TPSA) is 114 Å². The van der Waals surface area contributed by atoms with Gasteiger partial charge in [-0.15, -0.1) is 0 Å². The molecule has 0 saturated heterocycles.